The summed E-state index contributed by atoms with van der Waals surface area (Å²) in [5.74, 6) is 1.30. The van der Waals surface area contributed by atoms with Gasteiger partial charge in [0.2, 0.25) is 0 Å². The maximum Gasteiger partial charge on any atom is 0.0700 e. The summed E-state index contributed by atoms with van der Waals surface area (Å²) >= 11 is 2.15. The molecule has 106 valence electrons. The zero-order chi connectivity index (χ0) is 12.8. The molecule has 0 bridgehead atoms. The highest BCUT2D eigenvalue weighted by atomic mass is 32.2. The number of ether oxygens (including phenoxy) is 1. The first kappa shape index (κ1) is 14.6. The maximum atomic E-state index is 5.64. The lowest BCUT2D eigenvalue weighted by Gasteiger charge is -2.36. The van der Waals surface area contributed by atoms with Crippen molar-refractivity contribution in [2.45, 2.75) is 50.5 Å². The van der Waals surface area contributed by atoms with Gasteiger partial charge in [-0.25, -0.2) is 0 Å². The molecule has 3 atom stereocenters. The molecule has 2 aliphatic rings. The molecule has 0 saturated carbocycles. The lowest BCUT2D eigenvalue weighted by Crippen LogP contribution is -2.47. The zero-order valence-corrected chi connectivity index (χ0v) is 12.7. The fourth-order valence-corrected chi connectivity index (χ4v) is 3.98. The SMILES string of the molecule is CCC1CN(C(C)CNCC2CCCO2)CCS1. The molecule has 0 aliphatic carbocycles. The lowest BCUT2D eigenvalue weighted by molar-refractivity contribution is 0.107. The Labute approximate surface area is 116 Å². The van der Waals surface area contributed by atoms with Gasteiger partial charge in [0.05, 0.1) is 6.10 Å². The summed E-state index contributed by atoms with van der Waals surface area (Å²) in [4.78, 5) is 2.65. The van der Waals surface area contributed by atoms with Crippen LogP contribution < -0.4 is 5.32 Å². The minimum absolute atomic E-state index is 0.470. The van der Waals surface area contributed by atoms with E-state index in [0.717, 1.165) is 24.9 Å². The third-order valence-electron chi connectivity index (χ3n) is 4.08. The molecule has 2 heterocycles. The molecule has 0 radical (unpaired) electrons. The molecular weight excluding hydrogens is 244 g/mol. The van der Waals surface area contributed by atoms with Gasteiger partial charge in [0.25, 0.3) is 0 Å². The summed E-state index contributed by atoms with van der Waals surface area (Å²) in [5.41, 5.74) is 0. The first-order valence-electron chi connectivity index (χ1n) is 7.47. The van der Waals surface area contributed by atoms with Gasteiger partial charge in [0.15, 0.2) is 0 Å². The number of thioether (sulfide) groups is 1. The molecule has 0 amide bonds. The van der Waals surface area contributed by atoms with E-state index in [9.17, 15) is 0 Å². The summed E-state index contributed by atoms with van der Waals surface area (Å²) in [6.45, 7) is 10.3. The molecule has 1 N–H and O–H groups in total. The van der Waals surface area contributed by atoms with E-state index in [2.05, 4.69) is 35.8 Å². The summed E-state index contributed by atoms with van der Waals surface area (Å²) < 4.78 is 5.64. The van der Waals surface area contributed by atoms with Crippen LogP contribution in [-0.2, 0) is 4.74 Å². The predicted molar refractivity (Wildman–Crippen MR) is 79.4 cm³/mol. The van der Waals surface area contributed by atoms with Crippen LogP contribution in [0.2, 0.25) is 0 Å². The van der Waals surface area contributed by atoms with Crippen LogP contribution in [0.1, 0.15) is 33.1 Å². The van der Waals surface area contributed by atoms with E-state index in [-0.39, 0.29) is 0 Å². The van der Waals surface area contributed by atoms with Crippen molar-refractivity contribution in [3.8, 4) is 0 Å². The van der Waals surface area contributed by atoms with Crippen LogP contribution in [0.3, 0.4) is 0 Å². The lowest BCUT2D eigenvalue weighted by atomic mass is 10.2. The van der Waals surface area contributed by atoms with Crippen molar-refractivity contribution < 1.29 is 4.74 Å². The van der Waals surface area contributed by atoms with Crippen molar-refractivity contribution in [1.82, 2.24) is 10.2 Å². The summed E-state index contributed by atoms with van der Waals surface area (Å²) in [5, 5.41) is 4.43. The number of nitrogens with zero attached hydrogens (tertiary/aromatic N) is 1. The summed E-state index contributed by atoms with van der Waals surface area (Å²) in [6.07, 6.45) is 4.25. The van der Waals surface area contributed by atoms with Gasteiger partial charge >= 0.3 is 0 Å². The van der Waals surface area contributed by atoms with E-state index in [1.54, 1.807) is 0 Å². The minimum atomic E-state index is 0.470. The van der Waals surface area contributed by atoms with Crippen LogP contribution in [0.5, 0.6) is 0 Å². The molecule has 2 rings (SSSR count). The van der Waals surface area contributed by atoms with Gasteiger partial charge in [-0.2, -0.15) is 11.8 Å². The fourth-order valence-electron chi connectivity index (χ4n) is 2.78. The normalized spacial score (nSPS) is 31.7. The third kappa shape index (κ3) is 4.41. The van der Waals surface area contributed by atoms with Gasteiger partial charge in [-0.05, 0) is 26.2 Å². The van der Waals surface area contributed by atoms with Gasteiger partial charge in [0.1, 0.15) is 0 Å². The molecular formula is C14H28N2OS. The summed E-state index contributed by atoms with van der Waals surface area (Å²) in [7, 11) is 0. The van der Waals surface area contributed by atoms with Crippen LogP contribution in [0.15, 0.2) is 0 Å². The largest absolute Gasteiger partial charge is 0.377 e. The Kier molecular flexibility index (Phi) is 6.29. The van der Waals surface area contributed by atoms with Crippen LogP contribution in [0, 0.1) is 0 Å². The molecule has 0 aromatic heterocycles. The molecule has 2 fully saturated rings. The van der Waals surface area contributed by atoms with Gasteiger partial charge in [-0.15, -0.1) is 0 Å². The second-order valence-corrected chi connectivity index (χ2v) is 6.95. The monoisotopic (exact) mass is 272 g/mol. The van der Waals surface area contributed by atoms with Crippen molar-refractivity contribution >= 4 is 11.8 Å². The Morgan fingerprint density at radius 2 is 2.39 bits per heavy atom. The van der Waals surface area contributed by atoms with Gasteiger partial charge in [0, 0.05) is 49.8 Å². The predicted octanol–water partition coefficient (Wildman–Crippen LogP) is 1.97. The minimum Gasteiger partial charge on any atom is -0.377 e. The highest BCUT2D eigenvalue weighted by Gasteiger charge is 2.23. The van der Waals surface area contributed by atoms with Gasteiger partial charge in [-0.1, -0.05) is 6.92 Å². The molecule has 0 aromatic carbocycles. The zero-order valence-electron chi connectivity index (χ0n) is 11.9. The van der Waals surface area contributed by atoms with Gasteiger partial charge in [-0.3, -0.25) is 4.90 Å². The second kappa shape index (κ2) is 7.73. The Balaban J connectivity index is 1.62. The smallest absolute Gasteiger partial charge is 0.0700 e. The average molecular weight is 272 g/mol. The van der Waals surface area contributed by atoms with E-state index in [1.807, 2.05) is 0 Å². The Hall–Kier alpha value is 0.230. The quantitative estimate of drug-likeness (QED) is 0.799. The number of hydrogen-bond donors (Lipinski definition) is 1. The molecule has 4 heteroatoms. The first-order valence-corrected chi connectivity index (χ1v) is 8.52. The van der Waals surface area contributed by atoms with Crippen LogP contribution >= 0.6 is 11.8 Å². The van der Waals surface area contributed by atoms with Crippen LogP contribution in [0.25, 0.3) is 0 Å². The Morgan fingerprint density at radius 1 is 1.50 bits per heavy atom. The van der Waals surface area contributed by atoms with Crippen molar-refractivity contribution in [1.29, 1.82) is 0 Å². The van der Waals surface area contributed by atoms with Crippen molar-refractivity contribution in [2.75, 3.05) is 38.5 Å². The van der Waals surface area contributed by atoms with E-state index >= 15 is 0 Å². The van der Waals surface area contributed by atoms with E-state index in [0.29, 0.717) is 12.1 Å². The van der Waals surface area contributed by atoms with E-state index in [4.69, 9.17) is 4.74 Å². The molecule has 2 aliphatic heterocycles. The summed E-state index contributed by atoms with van der Waals surface area (Å²) in [6, 6.07) is 0.654. The maximum absolute atomic E-state index is 5.64. The Bertz CT molecular complexity index is 234. The van der Waals surface area contributed by atoms with Crippen molar-refractivity contribution in [3.63, 3.8) is 0 Å². The Morgan fingerprint density at radius 3 is 3.11 bits per heavy atom. The van der Waals surface area contributed by atoms with Crippen LogP contribution in [0.4, 0.5) is 0 Å². The number of rotatable bonds is 6. The molecule has 18 heavy (non-hydrogen) atoms. The first-order chi connectivity index (χ1) is 8.79. The molecule has 2 saturated heterocycles. The van der Waals surface area contributed by atoms with Crippen molar-refractivity contribution in [3.05, 3.63) is 0 Å². The number of nitrogens with one attached hydrogen (secondary N) is 1. The number of hydrogen-bond acceptors (Lipinski definition) is 4. The van der Waals surface area contributed by atoms with Gasteiger partial charge < -0.3 is 10.1 Å². The molecule has 3 nitrogen and oxygen atoms in total. The standard InChI is InChI=1S/C14H28N2OS/c1-3-14-11-16(6-8-18-14)12(2)9-15-10-13-5-4-7-17-13/h12-15H,3-11H2,1-2H3. The molecule has 3 unspecified atom stereocenters. The topological polar surface area (TPSA) is 24.5 Å². The second-order valence-electron chi connectivity index (χ2n) is 5.54. The molecule has 0 spiro atoms. The average Bonchev–Trinajstić information content (AvgIpc) is 2.92. The third-order valence-corrected chi connectivity index (χ3v) is 5.46. The molecule has 0 aromatic rings. The van der Waals surface area contributed by atoms with Crippen LogP contribution in [-0.4, -0.2) is 60.8 Å². The highest BCUT2D eigenvalue weighted by molar-refractivity contribution is 8.00. The fraction of sp³-hybridized carbons (Fsp3) is 1.00. The van der Waals surface area contributed by atoms with E-state index < -0.39 is 0 Å². The highest BCUT2D eigenvalue weighted by Crippen LogP contribution is 2.22. The van der Waals surface area contributed by atoms with E-state index in [1.165, 1.54) is 38.1 Å². The van der Waals surface area contributed by atoms with Crippen molar-refractivity contribution in [2.24, 2.45) is 0 Å².